The first-order valence-electron chi connectivity index (χ1n) is 11.2. The van der Waals surface area contributed by atoms with Crippen LogP contribution in [-0.2, 0) is 17.8 Å². The van der Waals surface area contributed by atoms with Gasteiger partial charge in [-0.3, -0.25) is 9.69 Å². The van der Waals surface area contributed by atoms with Crippen molar-refractivity contribution in [3.8, 4) is 11.4 Å². The predicted molar refractivity (Wildman–Crippen MR) is 117 cm³/mol. The molecule has 4 rings (SSSR count). The molecule has 0 N–H and O–H groups in total. The maximum Gasteiger partial charge on any atom is 0.227 e. The van der Waals surface area contributed by atoms with Gasteiger partial charge in [-0.2, -0.15) is 4.98 Å². The number of piperazine rings is 1. The lowest BCUT2D eigenvalue weighted by Crippen LogP contribution is -2.48. The number of rotatable bonds is 7. The molecule has 1 aliphatic carbocycles. The van der Waals surface area contributed by atoms with E-state index in [2.05, 4.69) is 59.2 Å². The summed E-state index contributed by atoms with van der Waals surface area (Å²) in [6, 6.07) is 8.37. The van der Waals surface area contributed by atoms with Crippen LogP contribution in [0.4, 0.5) is 0 Å². The van der Waals surface area contributed by atoms with E-state index < -0.39 is 0 Å². The highest BCUT2D eigenvalue weighted by molar-refractivity contribution is 5.76. The Morgan fingerprint density at radius 2 is 2.07 bits per heavy atom. The SMILES string of the molecule is CC(C)Cc1nc(-c2cccc(CN3CCN(C(=O)CC4C=CCC4)CC3)c2)no1. The molecule has 1 aromatic carbocycles. The Hall–Kier alpha value is -2.47. The monoisotopic (exact) mass is 408 g/mol. The van der Waals surface area contributed by atoms with Gasteiger partial charge in [0.25, 0.3) is 0 Å². The number of aromatic nitrogens is 2. The molecule has 1 aliphatic heterocycles. The Morgan fingerprint density at radius 1 is 1.23 bits per heavy atom. The highest BCUT2D eigenvalue weighted by Crippen LogP contribution is 2.22. The fourth-order valence-electron chi connectivity index (χ4n) is 4.25. The van der Waals surface area contributed by atoms with Crippen molar-refractivity contribution in [2.45, 2.75) is 46.1 Å². The summed E-state index contributed by atoms with van der Waals surface area (Å²) in [7, 11) is 0. The van der Waals surface area contributed by atoms with Crippen LogP contribution in [0.3, 0.4) is 0 Å². The average Bonchev–Trinajstić information content (AvgIpc) is 3.40. The Kier molecular flexibility index (Phi) is 6.62. The lowest BCUT2D eigenvalue weighted by Gasteiger charge is -2.35. The predicted octanol–water partition coefficient (Wildman–Crippen LogP) is 3.94. The third-order valence-corrected chi connectivity index (χ3v) is 5.92. The first kappa shape index (κ1) is 20.8. The molecule has 6 nitrogen and oxygen atoms in total. The van der Waals surface area contributed by atoms with Crippen LogP contribution in [-0.4, -0.2) is 52.0 Å². The second-order valence-corrected chi connectivity index (χ2v) is 8.94. The van der Waals surface area contributed by atoms with Crippen molar-refractivity contribution in [2.24, 2.45) is 11.8 Å². The third-order valence-electron chi connectivity index (χ3n) is 5.92. The molecule has 1 atom stereocenters. The van der Waals surface area contributed by atoms with E-state index in [4.69, 9.17) is 4.52 Å². The number of carbonyl (C=O) groups is 1. The highest BCUT2D eigenvalue weighted by atomic mass is 16.5. The quantitative estimate of drug-likeness (QED) is 0.650. The molecule has 1 amide bonds. The molecule has 1 aromatic heterocycles. The van der Waals surface area contributed by atoms with E-state index in [1.54, 1.807) is 0 Å². The molecule has 30 heavy (non-hydrogen) atoms. The largest absolute Gasteiger partial charge is 0.340 e. The Morgan fingerprint density at radius 3 is 2.80 bits per heavy atom. The van der Waals surface area contributed by atoms with Crippen molar-refractivity contribution in [1.29, 1.82) is 0 Å². The summed E-state index contributed by atoms with van der Waals surface area (Å²) < 4.78 is 5.39. The maximum atomic E-state index is 12.5. The van der Waals surface area contributed by atoms with E-state index >= 15 is 0 Å². The Labute approximate surface area is 178 Å². The molecular formula is C24H32N4O2. The zero-order valence-corrected chi connectivity index (χ0v) is 18.1. The van der Waals surface area contributed by atoms with Gasteiger partial charge in [-0.05, 0) is 36.3 Å². The van der Waals surface area contributed by atoms with E-state index in [-0.39, 0.29) is 0 Å². The van der Waals surface area contributed by atoms with Crippen LogP contribution >= 0.6 is 0 Å². The van der Waals surface area contributed by atoms with Gasteiger partial charge in [0.1, 0.15) is 0 Å². The van der Waals surface area contributed by atoms with Gasteiger partial charge in [-0.25, -0.2) is 0 Å². The summed E-state index contributed by atoms with van der Waals surface area (Å²) in [5.74, 6) is 2.60. The van der Waals surface area contributed by atoms with Crippen molar-refractivity contribution in [2.75, 3.05) is 26.2 Å². The van der Waals surface area contributed by atoms with E-state index in [1.165, 1.54) is 5.56 Å². The first-order chi connectivity index (χ1) is 14.6. The smallest absolute Gasteiger partial charge is 0.227 e. The van der Waals surface area contributed by atoms with Crippen molar-refractivity contribution in [3.63, 3.8) is 0 Å². The normalized spacial score (nSPS) is 19.7. The van der Waals surface area contributed by atoms with Crippen LogP contribution in [0.15, 0.2) is 40.9 Å². The summed E-state index contributed by atoms with van der Waals surface area (Å²) in [6.45, 7) is 8.62. The first-order valence-corrected chi connectivity index (χ1v) is 11.2. The maximum absolute atomic E-state index is 12.5. The summed E-state index contributed by atoms with van der Waals surface area (Å²) >= 11 is 0. The minimum Gasteiger partial charge on any atom is -0.340 e. The van der Waals surface area contributed by atoms with E-state index in [9.17, 15) is 4.79 Å². The van der Waals surface area contributed by atoms with Gasteiger partial charge < -0.3 is 9.42 Å². The second kappa shape index (κ2) is 9.56. The van der Waals surface area contributed by atoms with Gasteiger partial charge in [0.2, 0.25) is 17.6 Å². The number of nitrogens with zero attached hydrogens (tertiary/aromatic N) is 4. The van der Waals surface area contributed by atoms with Crippen molar-refractivity contribution in [1.82, 2.24) is 19.9 Å². The molecule has 2 aromatic rings. The fourth-order valence-corrected chi connectivity index (χ4v) is 4.25. The third kappa shape index (κ3) is 5.36. The van der Waals surface area contributed by atoms with Crippen molar-refractivity contribution >= 4 is 5.91 Å². The minimum atomic E-state index is 0.308. The summed E-state index contributed by atoms with van der Waals surface area (Å²) in [5, 5.41) is 4.15. The Bertz CT molecular complexity index is 881. The van der Waals surface area contributed by atoms with Gasteiger partial charge in [0.15, 0.2) is 0 Å². The molecule has 1 fully saturated rings. The number of hydrogen-bond acceptors (Lipinski definition) is 5. The standard InChI is InChI=1S/C24H32N4O2/c1-18(2)14-22-25-24(26-30-22)21-9-5-8-20(15-21)17-27-10-12-28(13-11-27)23(29)16-19-6-3-4-7-19/h3,5-6,8-9,15,18-19H,4,7,10-14,16-17H2,1-2H3. The molecule has 2 aliphatic rings. The van der Waals surface area contributed by atoms with Crippen LogP contribution in [0, 0.1) is 11.8 Å². The van der Waals surface area contributed by atoms with Gasteiger partial charge in [-0.1, -0.05) is 49.4 Å². The van der Waals surface area contributed by atoms with E-state index in [0.717, 1.165) is 57.5 Å². The molecular weight excluding hydrogens is 376 g/mol. The molecule has 1 saturated heterocycles. The molecule has 160 valence electrons. The van der Waals surface area contributed by atoms with E-state index in [1.807, 2.05) is 11.0 Å². The lowest BCUT2D eigenvalue weighted by molar-refractivity contribution is -0.133. The van der Waals surface area contributed by atoms with Gasteiger partial charge in [0, 0.05) is 51.1 Å². The van der Waals surface area contributed by atoms with Crippen molar-refractivity contribution in [3.05, 3.63) is 47.9 Å². The highest BCUT2D eigenvalue weighted by Gasteiger charge is 2.23. The molecule has 0 spiro atoms. The summed E-state index contributed by atoms with van der Waals surface area (Å²) in [5.41, 5.74) is 2.23. The Balaban J connectivity index is 1.30. The van der Waals surface area contributed by atoms with Crippen LogP contribution in [0.25, 0.3) is 11.4 Å². The number of carbonyl (C=O) groups excluding carboxylic acids is 1. The molecule has 0 radical (unpaired) electrons. The van der Waals surface area contributed by atoms with Gasteiger partial charge in [0.05, 0.1) is 0 Å². The molecule has 0 saturated carbocycles. The second-order valence-electron chi connectivity index (χ2n) is 8.94. The van der Waals surface area contributed by atoms with Crippen molar-refractivity contribution < 1.29 is 9.32 Å². The van der Waals surface area contributed by atoms with Crippen LogP contribution in [0.5, 0.6) is 0 Å². The molecule has 0 bridgehead atoms. The lowest BCUT2D eigenvalue weighted by atomic mass is 10.0. The summed E-state index contributed by atoms with van der Waals surface area (Å²) in [4.78, 5) is 21.5. The molecule has 1 unspecified atom stereocenters. The van der Waals surface area contributed by atoms with Gasteiger partial charge >= 0.3 is 0 Å². The number of amides is 1. The average molecular weight is 409 g/mol. The van der Waals surface area contributed by atoms with Crippen LogP contribution in [0.1, 0.15) is 44.6 Å². The number of hydrogen-bond donors (Lipinski definition) is 0. The molecule has 6 heteroatoms. The van der Waals surface area contributed by atoms with Crippen LogP contribution < -0.4 is 0 Å². The zero-order valence-electron chi connectivity index (χ0n) is 18.1. The number of benzene rings is 1. The summed E-state index contributed by atoms with van der Waals surface area (Å²) in [6.07, 6.45) is 8.12. The fraction of sp³-hybridized carbons (Fsp3) is 0.542. The molecule has 2 heterocycles. The topological polar surface area (TPSA) is 62.5 Å². The minimum absolute atomic E-state index is 0.308. The van der Waals surface area contributed by atoms with Crippen LogP contribution in [0.2, 0.25) is 0 Å². The number of allylic oxidation sites excluding steroid dienone is 2. The van der Waals surface area contributed by atoms with E-state index in [0.29, 0.717) is 35.9 Å². The zero-order chi connectivity index (χ0) is 20.9. The van der Waals surface area contributed by atoms with Gasteiger partial charge in [-0.15, -0.1) is 0 Å².